The van der Waals surface area contributed by atoms with E-state index in [1.807, 2.05) is 0 Å². The van der Waals surface area contributed by atoms with Gasteiger partial charge in [-0.1, -0.05) is 11.3 Å². The van der Waals surface area contributed by atoms with E-state index in [4.69, 9.17) is 5.11 Å². The molecule has 1 aromatic heterocycles. The first-order valence-electron chi connectivity index (χ1n) is 3.71. The van der Waals surface area contributed by atoms with Crippen molar-refractivity contribution in [2.24, 2.45) is 4.99 Å². The van der Waals surface area contributed by atoms with Crippen molar-refractivity contribution in [3.63, 3.8) is 0 Å². The van der Waals surface area contributed by atoms with Crippen LogP contribution >= 0.6 is 11.3 Å². The van der Waals surface area contributed by atoms with Crippen molar-refractivity contribution in [2.75, 3.05) is 0 Å². The lowest BCUT2D eigenvalue weighted by Crippen LogP contribution is -2.63. The molecule has 0 fully saturated rings. The summed E-state index contributed by atoms with van der Waals surface area (Å²) in [6, 6.07) is 0. The molecule has 5 nitrogen and oxygen atoms in total. The van der Waals surface area contributed by atoms with Gasteiger partial charge in [0, 0.05) is 4.99 Å². The van der Waals surface area contributed by atoms with Crippen molar-refractivity contribution < 1.29 is 14.9 Å². The van der Waals surface area contributed by atoms with Gasteiger partial charge in [0.1, 0.15) is 4.88 Å². The molecule has 1 aromatic rings. The second-order valence-electron chi connectivity index (χ2n) is 2.42. The Morgan fingerprint density at radius 1 is 1.64 bits per heavy atom. The molecule has 0 bridgehead atoms. The Morgan fingerprint density at radius 2 is 2.50 bits per heavy atom. The van der Waals surface area contributed by atoms with Crippen LogP contribution in [-0.4, -0.2) is 28.0 Å². The molecule has 0 amide bonds. The summed E-state index contributed by atoms with van der Waals surface area (Å²) in [6.07, 6.45) is 7.12. The second-order valence-corrected chi connectivity index (χ2v) is 3.45. The molecule has 2 rings (SSSR count). The highest BCUT2D eigenvalue weighted by atomic mass is 32.1. The van der Waals surface area contributed by atoms with Gasteiger partial charge in [0.2, 0.25) is 5.01 Å². The minimum absolute atomic E-state index is 0.200. The Balaban J connectivity index is 2.34. The maximum Gasteiger partial charge on any atom is 0.347 e. The van der Waals surface area contributed by atoms with Crippen LogP contribution in [0.3, 0.4) is 0 Å². The predicted molar refractivity (Wildman–Crippen MR) is 50.5 cm³/mol. The Labute approximate surface area is 83.2 Å². The van der Waals surface area contributed by atoms with Crippen LogP contribution in [0.1, 0.15) is 14.7 Å². The van der Waals surface area contributed by atoms with E-state index >= 15 is 0 Å². The molecular formula is C8H5N3O2S+2. The van der Waals surface area contributed by atoms with Gasteiger partial charge in [-0.25, -0.2) is 9.78 Å². The van der Waals surface area contributed by atoms with E-state index in [-0.39, 0.29) is 4.88 Å². The molecule has 0 saturated carbocycles. The van der Waals surface area contributed by atoms with Gasteiger partial charge in [-0.05, 0) is 0 Å². The Morgan fingerprint density at radius 3 is 3.07 bits per heavy atom. The van der Waals surface area contributed by atoms with Crippen LogP contribution in [0.2, 0.25) is 0 Å². The van der Waals surface area contributed by atoms with Gasteiger partial charge < -0.3 is 5.11 Å². The third-order valence-corrected chi connectivity index (χ3v) is 2.50. The summed E-state index contributed by atoms with van der Waals surface area (Å²) in [5.41, 5.74) is 0.588. The van der Waals surface area contributed by atoms with Gasteiger partial charge in [0.25, 0.3) is 12.4 Å². The number of carboxylic acids is 1. The zero-order chi connectivity index (χ0) is 9.97. The SMILES string of the molecule is O=C(O)c1cnc(C2=N[C+]=C[NH+]=C2)s1. The van der Waals surface area contributed by atoms with Gasteiger partial charge in [-0.2, -0.15) is 4.99 Å². The van der Waals surface area contributed by atoms with E-state index in [0.29, 0.717) is 10.7 Å². The molecule has 1 aliphatic rings. The number of thiazole rings is 1. The van der Waals surface area contributed by atoms with E-state index in [0.717, 1.165) is 11.3 Å². The first kappa shape index (κ1) is 8.68. The standard InChI is InChI=1S/C8H3N3O2S/c12-8(13)6-4-11-7(14-6)5-3-9-1-2-10-5/h1,3-4H/p+2. The highest BCUT2D eigenvalue weighted by Gasteiger charge is 2.21. The summed E-state index contributed by atoms with van der Waals surface area (Å²) in [4.78, 5) is 21.4. The normalized spacial score (nSPS) is 13.6. The predicted octanol–water partition coefficient (Wildman–Crippen LogP) is -0.930. The van der Waals surface area contributed by atoms with Gasteiger partial charge >= 0.3 is 17.9 Å². The van der Waals surface area contributed by atoms with Crippen molar-refractivity contribution in [1.82, 2.24) is 4.98 Å². The topological polar surface area (TPSA) is 76.5 Å². The molecule has 2 heterocycles. The lowest BCUT2D eigenvalue weighted by atomic mass is 10.4. The van der Waals surface area contributed by atoms with E-state index in [1.165, 1.54) is 6.20 Å². The monoisotopic (exact) mass is 207 g/mol. The fourth-order valence-electron chi connectivity index (χ4n) is 0.893. The first-order chi connectivity index (χ1) is 6.77. The molecule has 6 heteroatoms. The number of nitrogens with one attached hydrogen (secondary N) is 1. The summed E-state index contributed by atoms with van der Waals surface area (Å²) < 4.78 is 0. The molecule has 68 valence electrons. The molecule has 1 aliphatic heterocycles. The Kier molecular flexibility index (Phi) is 2.14. The molecule has 0 aliphatic carbocycles. The second kappa shape index (κ2) is 3.45. The summed E-state index contributed by atoms with van der Waals surface area (Å²) in [7, 11) is 0. The molecule has 0 radical (unpaired) electrons. The Hall–Kier alpha value is -1.91. The smallest absolute Gasteiger partial charge is 0.347 e. The summed E-state index contributed by atoms with van der Waals surface area (Å²) in [6.45, 7) is 0. The first-order valence-corrected chi connectivity index (χ1v) is 4.52. The lowest BCUT2D eigenvalue weighted by Gasteiger charge is -1.80. The van der Waals surface area contributed by atoms with Gasteiger partial charge in [-0.15, -0.1) is 0 Å². The maximum absolute atomic E-state index is 10.6. The number of carboxylic acid groups (broad SMARTS) is 1. The number of nitrogens with zero attached hydrogens (tertiary/aromatic N) is 2. The molecular weight excluding hydrogens is 202 g/mol. The summed E-state index contributed by atoms with van der Waals surface area (Å²) in [5.74, 6) is -0.974. The van der Waals surface area contributed by atoms with Crippen LogP contribution in [-0.2, 0) is 0 Å². The number of aromatic nitrogens is 1. The van der Waals surface area contributed by atoms with E-state index in [9.17, 15) is 4.79 Å². The minimum Gasteiger partial charge on any atom is -0.477 e. The number of aromatic carboxylic acids is 1. The van der Waals surface area contributed by atoms with Crippen molar-refractivity contribution in [3.8, 4) is 0 Å². The molecule has 2 N–H and O–H groups in total. The van der Waals surface area contributed by atoms with Gasteiger partial charge in [0.05, 0.1) is 6.20 Å². The molecule has 0 saturated heterocycles. The van der Waals surface area contributed by atoms with Gasteiger partial charge in [-0.3, -0.25) is 0 Å². The fourth-order valence-corrected chi connectivity index (χ4v) is 1.61. The fraction of sp³-hybridized carbons (Fsp3) is 0. The van der Waals surface area contributed by atoms with E-state index in [1.54, 1.807) is 12.4 Å². The van der Waals surface area contributed by atoms with Crippen LogP contribution in [0.5, 0.6) is 0 Å². The number of carbonyl (C=O) groups is 1. The average molecular weight is 207 g/mol. The van der Waals surface area contributed by atoms with Crippen molar-refractivity contribution in [3.05, 3.63) is 28.5 Å². The minimum atomic E-state index is -0.974. The number of hydrogen-bond donors (Lipinski definition) is 2. The number of hydrogen-bond acceptors (Lipinski definition) is 4. The molecule has 14 heavy (non-hydrogen) atoms. The van der Waals surface area contributed by atoms with Crippen LogP contribution in [0.15, 0.2) is 17.4 Å². The highest BCUT2D eigenvalue weighted by molar-refractivity contribution is 7.16. The Bertz CT molecular complexity index is 459. The third-order valence-electron chi connectivity index (χ3n) is 1.49. The lowest BCUT2D eigenvalue weighted by molar-refractivity contribution is -0.366. The third kappa shape index (κ3) is 1.56. The molecule has 0 unspecified atom stereocenters. The van der Waals surface area contributed by atoms with Gasteiger partial charge in [0.15, 0.2) is 0 Å². The summed E-state index contributed by atoms with van der Waals surface area (Å²) >= 11 is 1.08. The maximum atomic E-state index is 10.6. The van der Waals surface area contributed by atoms with Crippen LogP contribution in [0.25, 0.3) is 0 Å². The summed E-state index contributed by atoms with van der Waals surface area (Å²) in [5, 5.41) is 9.24. The van der Waals surface area contributed by atoms with Crippen molar-refractivity contribution in [2.45, 2.75) is 0 Å². The van der Waals surface area contributed by atoms with Crippen LogP contribution in [0, 0.1) is 6.20 Å². The molecule has 0 spiro atoms. The largest absolute Gasteiger partial charge is 0.477 e. The van der Waals surface area contributed by atoms with Crippen LogP contribution in [0.4, 0.5) is 0 Å². The zero-order valence-corrected chi connectivity index (χ0v) is 7.71. The van der Waals surface area contributed by atoms with E-state index in [2.05, 4.69) is 21.2 Å². The van der Waals surface area contributed by atoms with E-state index < -0.39 is 5.97 Å². The van der Waals surface area contributed by atoms with Crippen molar-refractivity contribution in [1.29, 1.82) is 0 Å². The number of aliphatic imine (C=N–C) groups is 1. The molecule has 0 atom stereocenters. The van der Waals surface area contributed by atoms with Crippen molar-refractivity contribution >= 4 is 29.2 Å². The zero-order valence-electron chi connectivity index (χ0n) is 6.89. The van der Waals surface area contributed by atoms with Crippen LogP contribution < -0.4 is 4.99 Å². The average Bonchev–Trinajstić information content (AvgIpc) is 2.68. The number of rotatable bonds is 2. The quantitative estimate of drug-likeness (QED) is 0.615. The highest BCUT2D eigenvalue weighted by Crippen LogP contribution is 2.13. The molecule has 0 aromatic carbocycles.